The molecule has 2 aromatic carbocycles. The van der Waals surface area contributed by atoms with Crippen LogP contribution in [0.3, 0.4) is 0 Å². The zero-order chi connectivity index (χ0) is 20.9. The fourth-order valence-electron chi connectivity index (χ4n) is 4.57. The third-order valence-corrected chi connectivity index (χ3v) is 6.13. The molecule has 6 rings (SSSR count). The van der Waals surface area contributed by atoms with Crippen LogP contribution in [0.5, 0.6) is 0 Å². The Morgan fingerprint density at radius 1 is 0.667 bits per heavy atom. The molecule has 0 saturated carbocycles. The molecule has 30 heavy (non-hydrogen) atoms. The number of rotatable bonds is 2. The first-order valence-electron chi connectivity index (χ1n) is 10.7. The van der Waals surface area contributed by atoms with Gasteiger partial charge >= 0.3 is 0 Å². The molecule has 4 nitrogen and oxygen atoms in total. The highest BCUT2D eigenvalue weighted by atomic mass is 15.2. The van der Waals surface area contributed by atoms with E-state index in [-0.39, 0.29) is 11.3 Å². The first-order valence-corrected chi connectivity index (χ1v) is 10.7. The van der Waals surface area contributed by atoms with E-state index >= 15 is 0 Å². The van der Waals surface area contributed by atoms with Crippen LogP contribution < -0.4 is 5.32 Å². The topological polar surface area (TPSA) is 49.1 Å². The number of hydrogen-bond donors (Lipinski definition) is 1. The van der Waals surface area contributed by atoms with Gasteiger partial charge in [0.2, 0.25) is 0 Å². The van der Waals surface area contributed by atoms with Gasteiger partial charge in [-0.05, 0) is 44.9 Å². The summed E-state index contributed by atoms with van der Waals surface area (Å²) in [6.45, 7) is 8.36. The van der Waals surface area contributed by atoms with E-state index in [1.807, 2.05) is 0 Å². The molecule has 2 aromatic rings. The van der Waals surface area contributed by atoms with Gasteiger partial charge in [0.05, 0.1) is 0 Å². The zero-order valence-electron chi connectivity index (χ0n) is 18.2. The molecule has 0 saturated heterocycles. The fourth-order valence-corrected chi connectivity index (χ4v) is 4.57. The van der Waals surface area contributed by atoms with Gasteiger partial charge in [-0.1, -0.05) is 59.7 Å². The quantitative estimate of drug-likeness (QED) is 0.741. The lowest BCUT2D eigenvalue weighted by Gasteiger charge is -2.44. The van der Waals surface area contributed by atoms with E-state index in [0.717, 1.165) is 19.3 Å². The summed E-state index contributed by atoms with van der Waals surface area (Å²) in [4.78, 5) is 13.6. The number of benzene rings is 2. The molecule has 4 heterocycles. The smallest absolute Gasteiger partial charge is 0.160 e. The second-order valence-corrected chi connectivity index (χ2v) is 9.10. The molecule has 4 heteroatoms. The maximum Gasteiger partial charge on any atom is 0.160 e. The molecule has 0 bridgehead atoms. The van der Waals surface area contributed by atoms with Crippen molar-refractivity contribution in [2.24, 2.45) is 15.0 Å². The van der Waals surface area contributed by atoms with Gasteiger partial charge in [0.15, 0.2) is 11.3 Å². The molecule has 0 fully saturated rings. The number of aryl methyl sites for hydroxylation is 2. The van der Waals surface area contributed by atoms with Gasteiger partial charge in [-0.25, -0.2) is 0 Å². The van der Waals surface area contributed by atoms with E-state index < -0.39 is 0 Å². The van der Waals surface area contributed by atoms with Crippen molar-refractivity contribution >= 4 is 22.8 Å². The Labute approximate surface area is 178 Å². The lowest BCUT2D eigenvalue weighted by Crippen LogP contribution is -2.55. The van der Waals surface area contributed by atoms with E-state index in [4.69, 9.17) is 0 Å². The predicted octanol–water partition coefficient (Wildman–Crippen LogP) is 5.25. The molecule has 0 aliphatic carbocycles. The van der Waals surface area contributed by atoms with Gasteiger partial charge in [0.1, 0.15) is 0 Å². The molecule has 1 N–H and O–H groups in total. The first kappa shape index (κ1) is 19.0. The van der Waals surface area contributed by atoms with Crippen molar-refractivity contribution in [3.05, 3.63) is 76.9 Å². The second-order valence-electron chi connectivity index (χ2n) is 9.10. The van der Waals surface area contributed by atoms with Gasteiger partial charge in [0, 0.05) is 42.1 Å². The van der Waals surface area contributed by atoms with E-state index in [0.29, 0.717) is 0 Å². The highest BCUT2D eigenvalue weighted by Crippen LogP contribution is 2.41. The van der Waals surface area contributed by atoms with Crippen LogP contribution in [0.15, 0.2) is 69.6 Å². The fraction of sp³-hybridized carbons (Fsp3) is 0.346. The number of nitrogens with one attached hydrogen (secondary N) is 1. The molecular formula is C26H28N4. The molecule has 0 aromatic heterocycles. The molecule has 4 aliphatic heterocycles. The summed E-state index contributed by atoms with van der Waals surface area (Å²) >= 11 is 0. The average Bonchev–Trinajstić information content (AvgIpc) is 2.61. The summed E-state index contributed by atoms with van der Waals surface area (Å²) in [5.74, 6) is 0. The minimum Gasteiger partial charge on any atom is -0.357 e. The highest BCUT2D eigenvalue weighted by molar-refractivity contribution is 6.07. The van der Waals surface area contributed by atoms with Crippen LogP contribution in [0.4, 0.5) is 0 Å². The highest BCUT2D eigenvalue weighted by Gasteiger charge is 2.44. The predicted molar refractivity (Wildman–Crippen MR) is 126 cm³/mol. The van der Waals surface area contributed by atoms with E-state index in [2.05, 4.69) is 103 Å². The third kappa shape index (κ3) is 3.41. The summed E-state index contributed by atoms with van der Waals surface area (Å²) in [6, 6.07) is 17.1. The summed E-state index contributed by atoms with van der Waals surface area (Å²) < 4.78 is 0. The summed E-state index contributed by atoms with van der Waals surface area (Å²) in [6.07, 6.45) is 5.36. The lowest BCUT2D eigenvalue weighted by atomic mass is 9.83. The minimum atomic E-state index is -0.0374. The van der Waals surface area contributed by atoms with Gasteiger partial charge in [-0.15, -0.1) is 0 Å². The Kier molecular flexibility index (Phi) is 4.28. The maximum atomic E-state index is 4.64. The largest absolute Gasteiger partial charge is 0.357 e. The van der Waals surface area contributed by atoms with Crippen molar-refractivity contribution in [3.8, 4) is 0 Å². The van der Waals surface area contributed by atoms with Gasteiger partial charge in [0.25, 0.3) is 0 Å². The SMILES string of the molecule is CC1=NC2(C1)CC(c1ccc(C)cc1)=N2.CC1=NC2(C=C(c3ccc(C)cc3)N2)C1. The average molecular weight is 397 g/mol. The van der Waals surface area contributed by atoms with Crippen LogP contribution in [-0.4, -0.2) is 28.5 Å². The van der Waals surface area contributed by atoms with E-state index in [1.165, 1.54) is 45.1 Å². The summed E-state index contributed by atoms with van der Waals surface area (Å²) in [7, 11) is 0. The molecule has 2 unspecified atom stereocenters. The number of hydrogen-bond acceptors (Lipinski definition) is 4. The van der Waals surface area contributed by atoms with Crippen molar-refractivity contribution in [3.63, 3.8) is 0 Å². The Morgan fingerprint density at radius 2 is 1.13 bits per heavy atom. The zero-order valence-corrected chi connectivity index (χ0v) is 18.2. The standard InChI is InChI=1S/2C13H14N2/c2*1-9-3-5-11(6-4-9)12-8-13(15-12)7-10(2)14-13/h3-6H,7-8H2,1-2H3;3-6,8,15H,7H2,1-2H3. The summed E-state index contributed by atoms with van der Waals surface area (Å²) in [5.41, 5.74) is 9.93. The lowest BCUT2D eigenvalue weighted by molar-refractivity contribution is 0.402. The molecule has 152 valence electrons. The molecule has 0 amide bonds. The normalized spacial score (nSPS) is 27.6. The number of nitrogens with zero attached hydrogens (tertiary/aromatic N) is 3. The second kappa shape index (κ2) is 6.76. The van der Waals surface area contributed by atoms with Crippen molar-refractivity contribution < 1.29 is 0 Å². The van der Waals surface area contributed by atoms with Gasteiger partial charge in [-0.3, -0.25) is 15.0 Å². The van der Waals surface area contributed by atoms with Crippen LogP contribution >= 0.6 is 0 Å². The Hall–Kier alpha value is -3.01. The molecule has 2 spiro atoms. The Morgan fingerprint density at radius 3 is 1.60 bits per heavy atom. The van der Waals surface area contributed by atoms with Crippen molar-refractivity contribution in [2.75, 3.05) is 0 Å². The van der Waals surface area contributed by atoms with Crippen LogP contribution in [0.1, 0.15) is 55.4 Å². The van der Waals surface area contributed by atoms with Crippen LogP contribution in [0.25, 0.3) is 5.70 Å². The molecular weight excluding hydrogens is 368 g/mol. The van der Waals surface area contributed by atoms with Crippen LogP contribution in [0, 0.1) is 13.8 Å². The number of aliphatic imine (C=N–C) groups is 3. The molecule has 0 radical (unpaired) electrons. The van der Waals surface area contributed by atoms with Crippen LogP contribution in [0.2, 0.25) is 0 Å². The van der Waals surface area contributed by atoms with Crippen molar-refractivity contribution in [1.82, 2.24) is 5.32 Å². The van der Waals surface area contributed by atoms with Crippen molar-refractivity contribution in [2.45, 2.75) is 58.3 Å². The van der Waals surface area contributed by atoms with Gasteiger partial charge in [-0.2, -0.15) is 0 Å². The Balaban J connectivity index is 0.000000128. The molecule has 4 aliphatic rings. The summed E-state index contributed by atoms with van der Waals surface area (Å²) in [5, 5.41) is 3.43. The van der Waals surface area contributed by atoms with Crippen molar-refractivity contribution in [1.29, 1.82) is 0 Å². The monoisotopic (exact) mass is 396 g/mol. The van der Waals surface area contributed by atoms with Gasteiger partial charge < -0.3 is 5.32 Å². The van der Waals surface area contributed by atoms with Crippen LogP contribution in [-0.2, 0) is 0 Å². The first-order chi connectivity index (χ1) is 14.3. The van der Waals surface area contributed by atoms with E-state index in [1.54, 1.807) is 0 Å². The maximum absolute atomic E-state index is 4.64. The third-order valence-electron chi connectivity index (χ3n) is 6.13. The Bertz CT molecular complexity index is 1030. The van der Waals surface area contributed by atoms with E-state index in [9.17, 15) is 0 Å². The minimum absolute atomic E-state index is 0.0374. The molecule has 2 atom stereocenters.